The molecule has 0 spiro atoms. The van der Waals surface area contributed by atoms with Gasteiger partial charge < -0.3 is 46.2 Å². The second-order valence-corrected chi connectivity index (χ2v) is 9.21. The van der Waals surface area contributed by atoms with Gasteiger partial charge in [0, 0.05) is 23.6 Å². The van der Waals surface area contributed by atoms with Gasteiger partial charge in [-0.05, 0) is 57.7 Å². The molecule has 0 aromatic heterocycles. The van der Waals surface area contributed by atoms with Gasteiger partial charge in [-0.1, -0.05) is 0 Å². The van der Waals surface area contributed by atoms with Gasteiger partial charge in [-0.3, -0.25) is 14.4 Å². The van der Waals surface area contributed by atoms with Crippen LogP contribution in [0.1, 0.15) is 33.2 Å². The topological polar surface area (TPSA) is 200 Å². The number of carbonyl (C=O) groups excluding carboxylic acids is 3. The highest BCUT2D eigenvalue weighted by molar-refractivity contribution is 14.1. The minimum Gasteiger partial charge on any atom is -0.394 e. The van der Waals surface area contributed by atoms with E-state index in [0.29, 0.717) is 0 Å². The zero-order chi connectivity index (χ0) is 25.5. The number of halogens is 2. The second kappa shape index (κ2) is 13.7. The number of benzene rings is 1. The normalized spacial score (nSPS) is 12.9. The molecule has 8 N–H and O–H groups in total. The molecular weight excluding hydrogens is 668 g/mol. The largest absolute Gasteiger partial charge is 0.394 e. The number of amides is 3. The first-order valence-electron chi connectivity index (χ1n) is 9.67. The van der Waals surface area contributed by atoms with Gasteiger partial charge >= 0.3 is 0 Å². The molecule has 2 unspecified atom stereocenters. The molecule has 0 fully saturated rings. The van der Waals surface area contributed by atoms with Crippen LogP contribution in [0.15, 0.2) is 0 Å². The Bertz CT molecular complexity index is 830. The Kier molecular flexibility index (Phi) is 12.4. The highest BCUT2D eigenvalue weighted by Crippen LogP contribution is 2.37. The van der Waals surface area contributed by atoms with Crippen molar-refractivity contribution < 1.29 is 45.0 Å². The van der Waals surface area contributed by atoms with E-state index < -0.39 is 56.0 Å². The van der Waals surface area contributed by atoms with Crippen molar-refractivity contribution in [1.82, 2.24) is 10.6 Å². The molecule has 0 saturated heterocycles. The third-order valence-electron chi connectivity index (χ3n) is 4.46. The van der Waals surface area contributed by atoms with E-state index in [1.165, 1.54) is 13.8 Å². The SMILES string of the molecule is CC(=O)N(CC(O)O)c1c(C)c(C(=O)NCC(O)CO)c(I)c(C(=O)NCC(O)CO)c1I. The molecule has 33 heavy (non-hydrogen) atoms. The lowest BCUT2D eigenvalue weighted by Gasteiger charge is -2.28. The predicted octanol–water partition coefficient (Wildman–Crippen LogP) is -1.97. The maximum absolute atomic E-state index is 13.0. The molecular formula is C19H27I2N3O9. The molecule has 1 aromatic rings. The zero-order valence-corrected chi connectivity index (χ0v) is 22.2. The van der Waals surface area contributed by atoms with Crippen LogP contribution in [0.3, 0.4) is 0 Å². The monoisotopic (exact) mass is 695 g/mol. The third kappa shape index (κ3) is 7.94. The molecule has 1 rings (SSSR count). The van der Waals surface area contributed by atoms with Gasteiger partial charge in [0.05, 0.1) is 52.4 Å². The number of nitrogens with zero attached hydrogens (tertiary/aromatic N) is 1. The van der Waals surface area contributed by atoms with Gasteiger partial charge in [-0.2, -0.15) is 0 Å². The van der Waals surface area contributed by atoms with E-state index in [1.807, 2.05) is 22.6 Å². The average Bonchev–Trinajstić information content (AvgIpc) is 2.74. The Morgan fingerprint density at radius 3 is 1.73 bits per heavy atom. The van der Waals surface area contributed by atoms with Crippen LogP contribution < -0.4 is 15.5 Å². The van der Waals surface area contributed by atoms with Crippen LogP contribution in [0.4, 0.5) is 5.69 Å². The molecule has 1 aromatic carbocycles. The minimum atomic E-state index is -1.89. The maximum atomic E-state index is 13.0. The summed E-state index contributed by atoms with van der Waals surface area (Å²) in [4.78, 5) is 39.2. The van der Waals surface area contributed by atoms with Gasteiger partial charge in [0.1, 0.15) is 0 Å². The maximum Gasteiger partial charge on any atom is 0.253 e. The first-order valence-corrected chi connectivity index (χ1v) is 11.8. The Hall–Kier alpha value is -1.15. The highest BCUT2D eigenvalue weighted by atomic mass is 127. The van der Waals surface area contributed by atoms with Crippen molar-refractivity contribution in [2.75, 3.05) is 37.7 Å². The molecule has 12 nitrogen and oxygen atoms in total. The first-order chi connectivity index (χ1) is 15.4. The lowest BCUT2D eigenvalue weighted by Crippen LogP contribution is -2.40. The number of aliphatic hydroxyl groups is 6. The van der Waals surface area contributed by atoms with E-state index in [4.69, 9.17) is 10.2 Å². The predicted molar refractivity (Wildman–Crippen MR) is 134 cm³/mol. The number of aliphatic hydroxyl groups excluding tert-OH is 5. The molecule has 14 heteroatoms. The van der Waals surface area contributed by atoms with Crippen molar-refractivity contribution >= 4 is 68.6 Å². The van der Waals surface area contributed by atoms with Crippen LogP contribution in [0.25, 0.3) is 0 Å². The van der Waals surface area contributed by atoms with E-state index in [1.54, 1.807) is 22.6 Å². The van der Waals surface area contributed by atoms with Crippen molar-refractivity contribution in [3.05, 3.63) is 23.8 Å². The van der Waals surface area contributed by atoms with Crippen molar-refractivity contribution in [2.24, 2.45) is 0 Å². The minimum absolute atomic E-state index is 0.00249. The van der Waals surface area contributed by atoms with E-state index in [9.17, 15) is 34.8 Å². The molecule has 0 aliphatic rings. The van der Waals surface area contributed by atoms with Crippen LogP contribution in [-0.4, -0.2) is 99.7 Å². The molecule has 0 aliphatic heterocycles. The lowest BCUT2D eigenvalue weighted by molar-refractivity contribution is -0.118. The van der Waals surface area contributed by atoms with Crippen LogP contribution in [0.2, 0.25) is 0 Å². The number of anilines is 1. The van der Waals surface area contributed by atoms with Gasteiger partial charge in [0.25, 0.3) is 11.8 Å². The van der Waals surface area contributed by atoms with Crippen molar-refractivity contribution in [1.29, 1.82) is 0 Å². The molecule has 0 heterocycles. The van der Waals surface area contributed by atoms with Gasteiger partial charge in [-0.15, -0.1) is 0 Å². The zero-order valence-electron chi connectivity index (χ0n) is 17.9. The van der Waals surface area contributed by atoms with Crippen molar-refractivity contribution in [3.63, 3.8) is 0 Å². The summed E-state index contributed by atoms with van der Waals surface area (Å²) in [6, 6.07) is 0. The summed E-state index contributed by atoms with van der Waals surface area (Å²) in [5.74, 6) is -1.97. The van der Waals surface area contributed by atoms with Gasteiger partial charge in [0.15, 0.2) is 6.29 Å². The van der Waals surface area contributed by atoms with E-state index >= 15 is 0 Å². The molecule has 2 atom stereocenters. The Morgan fingerprint density at radius 2 is 1.33 bits per heavy atom. The molecule has 0 aliphatic carbocycles. The fraction of sp³-hybridized carbons (Fsp3) is 0.526. The third-order valence-corrected chi connectivity index (χ3v) is 6.59. The van der Waals surface area contributed by atoms with E-state index in [-0.39, 0.29) is 42.6 Å². The summed E-state index contributed by atoms with van der Waals surface area (Å²) < 4.78 is 0.451. The van der Waals surface area contributed by atoms with Crippen LogP contribution in [-0.2, 0) is 4.79 Å². The standard InChI is InChI=1S/C19H27I2N3O9/c1-8-13(18(32)22-3-10(28)6-25)15(20)14(19(33)23-4-11(29)7-26)16(21)17(8)24(9(2)27)5-12(30)31/h10-12,25-26,28-31H,3-7H2,1-2H3,(H,22,32)(H,23,33). The van der Waals surface area contributed by atoms with E-state index in [0.717, 1.165) is 4.90 Å². The van der Waals surface area contributed by atoms with Crippen LogP contribution in [0.5, 0.6) is 0 Å². The number of hydrogen-bond acceptors (Lipinski definition) is 9. The number of carbonyl (C=O) groups is 3. The fourth-order valence-electron chi connectivity index (χ4n) is 2.85. The van der Waals surface area contributed by atoms with Gasteiger partial charge in [0.2, 0.25) is 5.91 Å². The average molecular weight is 695 g/mol. The molecule has 0 radical (unpaired) electrons. The smallest absolute Gasteiger partial charge is 0.253 e. The first kappa shape index (κ1) is 29.9. The molecule has 0 saturated carbocycles. The Labute approximate surface area is 217 Å². The lowest BCUT2D eigenvalue weighted by atomic mass is 9.99. The summed E-state index contributed by atoms with van der Waals surface area (Å²) in [5.41, 5.74) is 0.371. The Morgan fingerprint density at radius 1 is 0.879 bits per heavy atom. The summed E-state index contributed by atoms with van der Waals surface area (Å²) in [5, 5.41) is 60.9. The number of hydrogen-bond donors (Lipinski definition) is 8. The summed E-state index contributed by atoms with van der Waals surface area (Å²) in [6.45, 7) is 0.464. The van der Waals surface area contributed by atoms with E-state index in [2.05, 4.69) is 10.6 Å². The fourth-order valence-corrected chi connectivity index (χ4v) is 5.74. The van der Waals surface area contributed by atoms with Gasteiger partial charge in [-0.25, -0.2) is 0 Å². The van der Waals surface area contributed by atoms with Crippen LogP contribution >= 0.6 is 45.2 Å². The molecule has 0 bridgehead atoms. The number of nitrogens with one attached hydrogen (secondary N) is 2. The number of rotatable bonds is 11. The Balaban J connectivity index is 3.71. The quantitative estimate of drug-likeness (QED) is 0.0957. The summed E-state index contributed by atoms with van der Waals surface area (Å²) in [7, 11) is 0. The summed E-state index contributed by atoms with van der Waals surface area (Å²) >= 11 is 3.59. The summed E-state index contributed by atoms with van der Waals surface area (Å²) in [6.07, 6.45) is -4.32. The molecule has 186 valence electrons. The van der Waals surface area contributed by atoms with Crippen molar-refractivity contribution in [3.8, 4) is 0 Å². The molecule has 3 amide bonds. The van der Waals surface area contributed by atoms with Crippen LogP contribution in [0, 0.1) is 14.1 Å². The van der Waals surface area contributed by atoms with Crippen molar-refractivity contribution in [2.45, 2.75) is 32.3 Å². The second-order valence-electron chi connectivity index (χ2n) is 7.05. The highest BCUT2D eigenvalue weighted by Gasteiger charge is 2.31.